The van der Waals surface area contributed by atoms with Crippen molar-refractivity contribution in [3.05, 3.63) is 65.2 Å². The summed E-state index contributed by atoms with van der Waals surface area (Å²) in [6, 6.07) is 17.4. The van der Waals surface area contributed by atoms with Gasteiger partial charge in [0.15, 0.2) is 0 Å². The highest BCUT2D eigenvalue weighted by molar-refractivity contribution is 5.37. The predicted octanol–water partition coefficient (Wildman–Crippen LogP) is 4.35. The van der Waals surface area contributed by atoms with Crippen LogP contribution >= 0.6 is 0 Å². The summed E-state index contributed by atoms with van der Waals surface area (Å²) in [7, 11) is 1.71. The molecule has 0 amide bonds. The second kappa shape index (κ2) is 7.84. The van der Waals surface area contributed by atoms with Crippen LogP contribution in [0.2, 0.25) is 0 Å². The minimum atomic E-state index is 0.209. The van der Waals surface area contributed by atoms with Crippen molar-refractivity contribution < 1.29 is 4.74 Å². The minimum absolute atomic E-state index is 0.209. The maximum atomic E-state index is 5.34. The molecule has 0 spiro atoms. The Bertz CT molecular complexity index is 548. The van der Waals surface area contributed by atoms with Gasteiger partial charge >= 0.3 is 0 Å². The fourth-order valence-electron chi connectivity index (χ4n) is 2.62. The van der Waals surface area contributed by atoms with Crippen LogP contribution in [0.5, 0.6) is 5.75 Å². The normalized spacial score (nSPS) is 12.1. The van der Waals surface area contributed by atoms with Crippen molar-refractivity contribution in [3.8, 4) is 5.75 Å². The molecule has 2 aromatic carbocycles. The number of hydrogen-bond acceptors (Lipinski definition) is 2. The van der Waals surface area contributed by atoms with E-state index < -0.39 is 0 Å². The van der Waals surface area contributed by atoms with Crippen LogP contribution in [0.15, 0.2) is 48.5 Å². The van der Waals surface area contributed by atoms with Crippen molar-refractivity contribution in [3.63, 3.8) is 0 Å². The van der Waals surface area contributed by atoms with Crippen LogP contribution in [0.25, 0.3) is 0 Å². The molecule has 112 valence electrons. The molecule has 1 unspecified atom stereocenters. The van der Waals surface area contributed by atoms with Crippen LogP contribution in [-0.2, 0) is 6.42 Å². The Hall–Kier alpha value is -1.80. The monoisotopic (exact) mass is 283 g/mol. The quantitative estimate of drug-likeness (QED) is 0.816. The first-order valence-corrected chi connectivity index (χ1v) is 7.74. The number of methoxy groups -OCH3 is 1. The lowest BCUT2D eigenvalue weighted by Crippen LogP contribution is -2.22. The highest BCUT2D eigenvalue weighted by Crippen LogP contribution is 2.25. The van der Waals surface area contributed by atoms with Gasteiger partial charge in [-0.25, -0.2) is 0 Å². The molecule has 1 N–H and O–H groups in total. The maximum Gasteiger partial charge on any atom is 0.119 e. The lowest BCUT2D eigenvalue weighted by atomic mass is 9.96. The molecule has 2 heteroatoms. The van der Waals surface area contributed by atoms with E-state index in [9.17, 15) is 0 Å². The standard InChI is InChI=1S/C19H25NO/c1-4-7-15-10-12-16(13-11-15)19(20-5-2)17-8-6-9-18(14-17)21-3/h6,8-14,19-20H,4-5,7H2,1-3H3. The number of hydrogen-bond donors (Lipinski definition) is 1. The van der Waals surface area contributed by atoms with Crippen LogP contribution in [0.4, 0.5) is 0 Å². The zero-order valence-electron chi connectivity index (χ0n) is 13.2. The van der Waals surface area contributed by atoms with Gasteiger partial charge in [-0.05, 0) is 41.8 Å². The first-order chi connectivity index (χ1) is 10.3. The van der Waals surface area contributed by atoms with Gasteiger partial charge < -0.3 is 10.1 Å². The Morgan fingerprint density at radius 2 is 1.76 bits per heavy atom. The number of benzene rings is 2. The van der Waals surface area contributed by atoms with Gasteiger partial charge in [0.05, 0.1) is 13.2 Å². The van der Waals surface area contributed by atoms with Gasteiger partial charge in [0.2, 0.25) is 0 Å². The predicted molar refractivity (Wildman–Crippen MR) is 89.0 cm³/mol. The third kappa shape index (κ3) is 4.08. The topological polar surface area (TPSA) is 21.3 Å². The molecule has 0 aromatic heterocycles. The third-order valence-corrected chi connectivity index (χ3v) is 3.69. The first-order valence-electron chi connectivity index (χ1n) is 7.74. The summed E-state index contributed by atoms with van der Waals surface area (Å²) < 4.78 is 5.34. The summed E-state index contributed by atoms with van der Waals surface area (Å²) >= 11 is 0. The maximum absolute atomic E-state index is 5.34. The van der Waals surface area contributed by atoms with Crippen LogP contribution in [0, 0.1) is 0 Å². The minimum Gasteiger partial charge on any atom is -0.497 e. The molecule has 0 saturated carbocycles. The molecule has 2 rings (SSSR count). The number of nitrogens with one attached hydrogen (secondary N) is 1. The second-order valence-electron chi connectivity index (χ2n) is 5.26. The van der Waals surface area contributed by atoms with Crippen LogP contribution in [0.3, 0.4) is 0 Å². The number of rotatable bonds is 7. The summed E-state index contributed by atoms with van der Waals surface area (Å²) in [5.74, 6) is 0.901. The van der Waals surface area contributed by atoms with E-state index in [0.29, 0.717) is 0 Å². The average Bonchev–Trinajstić information content (AvgIpc) is 2.54. The molecular weight excluding hydrogens is 258 g/mol. The molecular formula is C19H25NO. The summed E-state index contributed by atoms with van der Waals surface area (Å²) in [6.07, 6.45) is 2.33. The fraction of sp³-hybridized carbons (Fsp3) is 0.368. The smallest absolute Gasteiger partial charge is 0.119 e. The zero-order valence-corrected chi connectivity index (χ0v) is 13.2. The second-order valence-corrected chi connectivity index (χ2v) is 5.26. The Kier molecular flexibility index (Phi) is 5.82. The Balaban J connectivity index is 2.28. The Labute approximate surface area is 128 Å². The van der Waals surface area contributed by atoms with Crippen LogP contribution in [-0.4, -0.2) is 13.7 Å². The highest BCUT2D eigenvalue weighted by atomic mass is 16.5. The Morgan fingerprint density at radius 1 is 1.00 bits per heavy atom. The largest absolute Gasteiger partial charge is 0.497 e. The van der Waals surface area contributed by atoms with Crippen molar-refractivity contribution in [1.82, 2.24) is 5.32 Å². The van der Waals surface area contributed by atoms with Crippen LogP contribution < -0.4 is 10.1 Å². The SMILES string of the molecule is CCCc1ccc(C(NCC)c2cccc(OC)c2)cc1. The number of ether oxygens (including phenoxy) is 1. The van der Waals surface area contributed by atoms with Crippen molar-refractivity contribution in [2.75, 3.05) is 13.7 Å². The van der Waals surface area contributed by atoms with Gasteiger partial charge in [0.1, 0.15) is 5.75 Å². The first kappa shape index (κ1) is 15.6. The molecule has 0 aliphatic heterocycles. The van der Waals surface area contributed by atoms with Gasteiger partial charge in [-0.15, -0.1) is 0 Å². The molecule has 2 nitrogen and oxygen atoms in total. The molecule has 0 aliphatic rings. The average molecular weight is 283 g/mol. The van der Waals surface area contributed by atoms with E-state index in [1.807, 2.05) is 12.1 Å². The van der Waals surface area contributed by atoms with Gasteiger partial charge in [0.25, 0.3) is 0 Å². The molecule has 21 heavy (non-hydrogen) atoms. The molecule has 0 bridgehead atoms. The van der Waals surface area contributed by atoms with E-state index in [1.54, 1.807) is 7.11 Å². The molecule has 0 saturated heterocycles. The summed E-state index contributed by atoms with van der Waals surface area (Å²) in [5, 5.41) is 3.56. The van der Waals surface area contributed by atoms with Crippen molar-refractivity contribution in [1.29, 1.82) is 0 Å². The van der Waals surface area contributed by atoms with E-state index in [-0.39, 0.29) is 6.04 Å². The van der Waals surface area contributed by atoms with Gasteiger partial charge in [-0.1, -0.05) is 56.7 Å². The van der Waals surface area contributed by atoms with E-state index in [1.165, 1.54) is 23.1 Å². The number of aryl methyl sites for hydroxylation is 1. The van der Waals surface area contributed by atoms with Gasteiger partial charge in [0, 0.05) is 0 Å². The van der Waals surface area contributed by atoms with Crippen molar-refractivity contribution in [2.45, 2.75) is 32.7 Å². The fourth-order valence-corrected chi connectivity index (χ4v) is 2.62. The molecule has 1 atom stereocenters. The molecule has 0 aliphatic carbocycles. The van der Waals surface area contributed by atoms with Gasteiger partial charge in [-0.2, -0.15) is 0 Å². The lowest BCUT2D eigenvalue weighted by molar-refractivity contribution is 0.413. The molecule has 2 aromatic rings. The highest BCUT2D eigenvalue weighted by Gasteiger charge is 2.13. The lowest BCUT2D eigenvalue weighted by Gasteiger charge is -2.20. The van der Waals surface area contributed by atoms with E-state index in [4.69, 9.17) is 4.74 Å². The summed E-state index contributed by atoms with van der Waals surface area (Å²) in [6.45, 7) is 5.28. The van der Waals surface area contributed by atoms with Crippen molar-refractivity contribution in [2.24, 2.45) is 0 Å². The van der Waals surface area contributed by atoms with E-state index in [0.717, 1.165) is 18.7 Å². The molecule has 0 radical (unpaired) electrons. The summed E-state index contributed by atoms with van der Waals surface area (Å²) in [5.41, 5.74) is 3.94. The van der Waals surface area contributed by atoms with E-state index in [2.05, 4.69) is 55.6 Å². The summed E-state index contributed by atoms with van der Waals surface area (Å²) in [4.78, 5) is 0. The third-order valence-electron chi connectivity index (χ3n) is 3.69. The van der Waals surface area contributed by atoms with Crippen LogP contribution in [0.1, 0.15) is 43.0 Å². The van der Waals surface area contributed by atoms with Gasteiger partial charge in [-0.3, -0.25) is 0 Å². The molecule has 0 fully saturated rings. The zero-order chi connectivity index (χ0) is 15.1. The van der Waals surface area contributed by atoms with Crippen molar-refractivity contribution >= 4 is 0 Å². The Morgan fingerprint density at radius 3 is 2.38 bits per heavy atom. The van der Waals surface area contributed by atoms with E-state index >= 15 is 0 Å². The molecule has 0 heterocycles.